The molecule has 0 aromatic rings. The van der Waals surface area contributed by atoms with E-state index in [0.717, 1.165) is 19.3 Å². The van der Waals surface area contributed by atoms with Crippen LogP contribution in [0.25, 0.3) is 0 Å². The average Bonchev–Trinajstić information content (AvgIpc) is 2.27. The van der Waals surface area contributed by atoms with Crippen LogP contribution in [-0.4, -0.2) is 16.5 Å². The summed E-state index contributed by atoms with van der Waals surface area (Å²) in [6.45, 7) is 7.79. The van der Waals surface area contributed by atoms with Crippen molar-refractivity contribution in [2.45, 2.75) is 78.2 Å². The predicted molar refractivity (Wildman–Crippen MR) is 68.5 cm³/mol. The summed E-state index contributed by atoms with van der Waals surface area (Å²) in [5.74, 6) is 0.0639. The van der Waals surface area contributed by atoms with E-state index in [2.05, 4.69) is 6.92 Å². The van der Waals surface area contributed by atoms with Crippen LogP contribution in [0.1, 0.15) is 72.6 Å². The molecule has 16 heavy (non-hydrogen) atoms. The molecule has 0 saturated carbocycles. The number of unbranched alkanes of at least 4 members (excludes halogenated alkanes) is 4. The Labute approximate surface area is 100 Å². The van der Waals surface area contributed by atoms with E-state index in [1.807, 2.05) is 13.8 Å². The fourth-order valence-electron chi connectivity index (χ4n) is 1.81. The van der Waals surface area contributed by atoms with E-state index < -0.39 is 5.60 Å². The van der Waals surface area contributed by atoms with Gasteiger partial charge in [-0.05, 0) is 19.3 Å². The molecular formula is C14H28O2. The second-order valence-corrected chi connectivity index (χ2v) is 5.04. The van der Waals surface area contributed by atoms with Gasteiger partial charge in [-0.2, -0.15) is 0 Å². The fraction of sp³-hybridized carbons (Fsp3) is 0.929. The molecule has 0 aliphatic carbocycles. The van der Waals surface area contributed by atoms with Crippen molar-refractivity contribution in [2.24, 2.45) is 5.92 Å². The first-order chi connectivity index (χ1) is 7.46. The van der Waals surface area contributed by atoms with E-state index >= 15 is 0 Å². The summed E-state index contributed by atoms with van der Waals surface area (Å²) < 4.78 is 0. The highest BCUT2D eigenvalue weighted by Crippen LogP contribution is 2.23. The van der Waals surface area contributed by atoms with Gasteiger partial charge in [0.25, 0.3) is 0 Å². The smallest absolute Gasteiger partial charge is 0.164 e. The Morgan fingerprint density at radius 1 is 1.19 bits per heavy atom. The number of Topliss-reactive ketones (excluding diaryl/α,β-unsaturated/α-hetero) is 1. The third-order valence-electron chi connectivity index (χ3n) is 3.64. The number of hydrogen-bond donors (Lipinski definition) is 1. The molecule has 0 aromatic carbocycles. The molecule has 0 amide bonds. The summed E-state index contributed by atoms with van der Waals surface area (Å²) in [5, 5.41) is 10.1. The normalized spacial score (nSPS) is 16.8. The Hall–Kier alpha value is -0.370. The van der Waals surface area contributed by atoms with Crippen LogP contribution >= 0.6 is 0 Å². The van der Waals surface area contributed by atoms with E-state index in [-0.39, 0.29) is 11.7 Å². The van der Waals surface area contributed by atoms with Gasteiger partial charge in [-0.3, -0.25) is 4.79 Å². The molecule has 96 valence electrons. The van der Waals surface area contributed by atoms with Crippen LogP contribution in [0.2, 0.25) is 0 Å². The molecule has 2 nitrogen and oxygen atoms in total. The van der Waals surface area contributed by atoms with Gasteiger partial charge in [-0.1, -0.05) is 52.9 Å². The summed E-state index contributed by atoms with van der Waals surface area (Å²) in [6.07, 6.45) is 7.07. The van der Waals surface area contributed by atoms with Crippen LogP contribution in [0.15, 0.2) is 0 Å². The predicted octanol–water partition coefficient (Wildman–Crippen LogP) is 3.71. The van der Waals surface area contributed by atoms with Crippen LogP contribution in [0.3, 0.4) is 0 Å². The van der Waals surface area contributed by atoms with Crippen molar-refractivity contribution >= 4 is 5.78 Å². The first-order valence-corrected chi connectivity index (χ1v) is 6.72. The molecule has 0 aromatic heterocycles. The molecule has 0 aliphatic rings. The lowest BCUT2D eigenvalue weighted by Crippen LogP contribution is -2.41. The molecule has 2 atom stereocenters. The molecule has 2 heteroatoms. The SMILES string of the molecule is CCCCCCCC(=O)C(C)(O)C(C)CC. The van der Waals surface area contributed by atoms with Crippen LogP contribution in [0, 0.1) is 5.92 Å². The second kappa shape index (κ2) is 7.83. The number of carbonyl (C=O) groups is 1. The van der Waals surface area contributed by atoms with Crippen molar-refractivity contribution in [3.63, 3.8) is 0 Å². The molecule has 0 heterocycles. The maximum absolute atomic E-state index is 11.8. The molecule has 0 rings (SSSR count). The zero-order chi connectivity index (χ0) is 12.6. The first kappa shape index (κ1) is 15.6. The molecule has 0 bridgehead atoms. The quantitative estimate of drug-likeness (QED) is 0.611. The van der Waals surface area contributed by atoms with Gasteiger partial charge in [0, 0.05) is 6.42 Å². The number of carbonyl (C=O) groups excluding carboxylic acids is 1. The van der Waals surface area contributed by atoms with Gasteiger partial charge in [0.2, 0.25) is 0 Å². The van der Waals surface area contributed by atoms with Gasteiger partial charge in [0.05, 0.1) is 0 Å². The van der Waals surface area contributed by atoms with Crippen molar-refractivity contribution in [3.05, 3.63) is 0 Å². The summed E-state index contributed by atoms with van der Waals surface area (Å²) in [5.41, 5.74) is -1.13. The topological polar surface area (TPSA) is 37.3 Å². The molecular weight excluding hydrogens is 200 g/mol. The maximum Gasteiger partial charge on any atom is 0.164 e. The standard InChI is InChI=1S/C14H28O2/c1-5-7-8-9-10-11-13(15)14(4,16)12(3)6-2/h12,16H,5-11H2,1-4H3. The van der Waals surface area contributed by atoms with E-state index in [1.54, 1.807) is 6.92 Å². The lowest BCUT2D eigenvalue weighted by atomic mass is 9.83. The maximum atomic E-state index is 11.8. The van der Waals surface area contributed by atoms with E-state index in [1.165, 1.54) is 19.3 Å². The zero-order valence-corrected chi connectivity index (χ0v) is 11.4. The average molecular weight is 228 g/mol. The fourth-order valence-corrected chi connectivity index (χ4v) is 1.81. The molecule has 0 aliphatic heterocycles. The summed E-state index contributed by atoms with van der Waals surface area (Å²) in [7, 11) is 0. The largest absolute Gasteiger partial charge is 0.382 e. The minimum atomic E-state index is -1.13. The highest BCUT2D eigenvalue weighted by atomic mass is 16.3. The van der Waals surface area contributed by atoms with Gasteiger partial charge in [-0.25, -0.2) is 0 Å². The molecule has 0 spiro atoms. The third-order valence-corrected chi connectivity index (χ3v) is 3.64. The Balaban J connectivity index is 3.87. The molecule has 0 radical (unpaired) electrons. The second-order valence-electron chi connectivity index (χ2n) is 5.04. The van der Waals surface area contributed by atoms with Gasteiger partial charge in [0.15, 0.2) is 5.78 Å². The summed E-state index contributed by atoms with van der Waals surface area (Å²) in [6, 6.07) is 0. The number of aliphatic hydroxyl groups is 1. The van der Waals surface area contributed by atoms with Crippen LogP contribution in [0.4, 0.5) is 0 Å². The molecule has 1 N–H and O–H groups in total. The van der Waals surface area contributed by atoms with E-state index in [9.17, 15) is 9.90 Å². The van der Waals surface area contributed by atoms with Gasteiger partial charge in [0.1, 0.15) is 5.60 Å². The van der Waals surface area contributed by atoms with Crippen molar-refractivity contribution in [3.8, 4) is 0 Å². The number of rotatable bonds is 9. The van der Waals surface area contributed by atoms with Crippen molar-refractivity contribution in [1.29, 1.82) is 0 Å². The number of ketones is 1. The molecule has 0 saturated heterocycles. The monoisotopic (exact) mass is 228 g/mol. The summed E-state index contributed by atoms with van der Waals surface area (Å²) >= 11 is 0. The number of hydrogen-bond acceptors (Lipinski definition) is 2. The van der Waals surface area contributed by atoms with Crippen LogP contribution in [-0.2, 0) is 4.79 Å². The first-order valence-electron chi connectivity index (χ1n) is 6.72. The Morgan fingerprint density at radius 3 is 2.25 bits per heavy atom. The lowest BCUT2D eigenvalue weighted by molar-refractivity contribution is -0.140. The third kappa shape index (κ3) is 5.11. The minimum absolute atomic E-state index is 0.0124. The molecule has 0 fully saturated rings. The van der Waals surface area contributed by atoms with Crippen molar-refractivity contribution in [1.82, 2.24) is 0 Å². The van der Waals surface area contributed by atoms with Crippen LogP contribution in [0.5, 0.6) is 0 Å². The Morgan fingerprint density at radius 2 is 1.75 bits per heavy atom. The van der Waals surface area contributed by atoms with E-state index in [0.29, 0.717) is 6.42 Å². The lowest BCUT2D eigenvalue weighted by Gasteiger charge is -2.28. The van der Waals surface area contributed by atoms with Gasteiger partial charge >= 0.3 is 0 Å². The summed E-state index contributed by atoms with van der Waals surface area (Å²) in [4.78, 5) is 11.8. The highest BCUT2D eigenvalue weighted by Gasteiger charge is 2.34. The molecule has 2 unspecified atom stereocenters. The van der Waals surface area contributed by atoms with Gasteiger partial charge in [-0.15, -0.1) is 0 Å². The van der Waals surface area contributed by atoms with Crippen molar-refractivity contribution in [2.75, 3.05) is 0 Å². The van der Waals surface area contributed by atoms with Gasteiger partial charge < -0.3 is 5.11 Å². The van der Waals surface area contributed by atoms with Crippen molar-refractivity contribution < 1.29 is 9.90 Å². The zero-order valence-electron chi connectivity index (χ0n) is 11.4. The Kier molecular flexibility index (Phi) is 7.65. The Bertz CT molecular complexity index is 197. The van der Waals surface area contributed by atoms with E-state index in [4.69, 9.17) is 0 Å². The minimum Gasteiger partial charge on any atom is -0.382 e. The highest BCUT2D eigenvalue weighted by molar-refractivity contribution is 5.86. The van der Waals surface area contributed by atoms with Crippen LogP contribution < -0.4 is 0 Å².